The van der Waals surface area contributed by atoms with E-state index in [1.165, 1.54) is 5.56 Å². The van der Waals surface area contributed by atoms with Crippen molar-refractivity contribution in [3.63, 3.8) is 0 Å². The molecule has 0 radical (unpaired) electrons. The maximum atomic E-state index is 7.57. The Morgan fingerprint density at radius 1 is 1.21 bits per heavy atom. The molecule has 0 fully saturated rings. The molecule has 0 saturated heterocycles. The van der Waals surface area contributed by atoms with Crippen LogP contribution in [0.2, 0.25) is 10.0 Å². The highest BCUT2D eigenvalue weighted by Crippen LogP contribution is 2.30. The summed E-state index contributed by atoms with van der Waals surface area (Å²) in [6.07, 6.45) is 0.800. The average Bonchev–Trinajstić information content (AvgIpc) is 2.55. The van der Waals surface area contributed by atoms with E-state index in [2.05, 4.69) is 0 Å². The zero-order valence-electron chi connectivity index (χ0n) is 12.9. The molecule has 0 saturated carbocycles. The number of fused-ring (bicyclic) bond motifs is 1. The fourth-order valence-electron chi connectivity index (χ4n) is 2.73. The van der Waals surface area contributed by atoms with Crippen LogP contribution in [0.5, 0.6) is 5.75 Å². The van der Waals surface area contributed by atoms with Crippen LogP contribution in [0, 0.1) is 5.41 Å². The molecule has 7 heteroatoms. The van der Waals surface area contributed by atoms with Gasteiger partial charge in [0.1, 0.15) is 12.4 Å². The van der Waals surface area contributed by atoms with Crippen molar-refractivity contribution in [3.8, 4) is 5.75 Å². The van der Waals surface area contributed by atoms with E-state index in [1.807, 2.05) is 35.2 Å². The number of hydrogen-bond acceptors (Lipinski definition) is 2. The summed E-state index contributed by atoms with van der Waals surface area (Å²) in [6.45, 7) is 1.73. The maximum Gasteiger partial charge on any atom is 0.188 e. The van der Waals surface area contributed by atoms with Crippen molar-refractivity contribution in [1.82, 2.24) is 4.90 Å². The van der Waals surface area contributed by atoms with Gasteiger partial charge in [0, 0.05) is 24.2 Å². The van der Waals surface area contributed by atoms with Crippen LogP contribution >= 0.6 is 35.6 Å². The van der Waals surface area contributed by atoms with Crippen molar-refractivity contribution in [1.29, 1.82) is 5.41 Å². The highest BCUT2D eigenvalue weighted by Gasteiger charge is 2.20. The minimum Gasteiger partial charge on any atom is -0.489 e. The summed E-state index contributed by atoms with van der Waals surface area (Å²) in [5.74, 6) is 0.953. The van der Waals surface area contributed by atoms with Crippen molar-refractivity contribution in [3.05, 3.63) is 63.1 Å². The summed E-state index contributed by atoms with van der Waals surface area (Å²) in [5, 5.41) is 8.62. The first-order valence-electron chi connectivity index (χ1n) is 7.31. The zero-order valence-corrected chi connectivity index (χ0v) is 15.2. The van der Waals surface area contributed by atoms with E-state index in [0.717, 1.165) is 29.8 Å². The monoisotopic (exact) mass is 385 g/mol. The van der Waals surface area contributed by atoms with Crippen LogP contribution < -0.4 is 10.5 Å². The number of guanidine groups is 1. The standard InChI is InChI=1S/C17H17Cl2N3O.ClH/c18-14-5-1-4-12(16(14)19)10-23-15-6-2-3-11-9-22(17(20)21)8-7-13(11)15;/h1-6H,7-10H2,(H3,20,21);1H. The van der Waals surface area contributed by atoms with Gasteiger partial charge in [-0.3, -0.25) is 5.41 Å². The van der Waals surface area contributed by atoms with Gasteiger partial charge in [-0.2, -0.15) is 0 Å². The lowest BCUT2D eigenvalue weighted by Gasteiger charge is -2.30. The number of nitrogens with two attached hydrogens (primary N) is 1. The summed E-state index contributed by atoms with van der Waals surface area (Å²) in [5.41, 5.74) is 8.75. The lowest BCUT2D eigenvalue weighted by Crippen LogP contribution is -2.40. The second-order valence-electron chi connectivity index (χ2n) is 5.45. The zero-order chi connectivity index (χ0) is 16.4. The molecule has 3 N–H and O–H groups in total. The van der Waals surface area contributed by atoms with Crippen LogP contribution in [-0.2, 0) is 19.6 Å². The minimum absolute atomic E-state index is 0. The predicted octanol–water partition coefficient (Wildman–Crippen LogP) is 4.25. The molecule has 4 nitrogen and oxygen atoms in total. The molecule has 24 heavy (non-hydrogen) atoms. The van der Waals surface area contributed by atoms with Gasteiger partial charge >= 0.3 is 0 Å². The molecule has 0 amide bonds. The molecule has 2 aromatic carbocycles. The Kier molecular flexibility index (Phi) is 6.21. The topological polar surface area (TPSA) is 62.3 Å². The fourth-order valence-corrected chi connectivity index (χ4v) is 3.11. The lowest BCUT2D eigenvalue weighted by molar-refractivity contribution is 0.296. The third kappa shape index (κ3) is 3.89. The second-order valence-corrected chi connectivity index (χ2v) is 6.24. The number of rotatable bonds is 3. The summed E-state index contributed by atoms with van der Waals surface area (Å²) in [7, 11) is 0. The van der Waals surface area contributed by atoms with Crippen LogP contribution in [0.25, 0.3) is 0 Å². The summed E-state index contributed by atoms with van der Waals surface area (Å²) >= 11 is 12.2. The predicted molar refractivity (Wildman–Crippen MR) is 101 cm³/mol. The number of nitrogens with one attached hydrogen (secondary N) is 1. The average molecular weight is 387 g/mol. The van der Waals surface area contributed by atoms with Crippen LogP contribution in [0.3, 0.4) is 0 Å². The van der Waals surface area contributed by atoms with E-state index in [4.69, 9.17) is 39.1 Å². The summed E-state index contributed by atoms with van der Waals surface area (Å²) in [4.78, 5) is 1.85. The highest BCUT2D eigenvalue weighted by molar-refractivity contribution is 6.42. The van der Waals surface area contributed by atoms with Crippen molar-refractivity contribution >= 4 is 41.6 Å². The van der Waals surface area contributed by atoms with Gasteiger partial charge in [0.25, 0.3) is 0 Å². The second kappa shape index (κ2) is 7.97. The van der Waals surface area contributed by atoms with E-state index < -0.39 is 0 Å². The molecular weight excluding hydrogens is 369 g/mol. The summed E-state index contributed by atoms with van der Waals surface area (Å²) < 4.78 is 5.98. The van der Waals surface area contributed by atoms with Gasteiger partial charge in [0.2, 0.25) is 0 Å². The van der Waals surface area contributed by atoms with Crippen molar-refractivity contribution in [2.75, 3.05) is 6.54 Å². The summed E-state index contributed by atoms with van der Waals surface area (Å²) in [6, 6.07) is 11.5. The molecule has 3 rings (SSSR count). The van der Waals surface area contributed by atoms with Crippen molar-refractivity contribution in [2.45, 2.75) is 19.6 Å². The Morgan fingerprint density at radius 3 is 2.71 bits per heavy atom. The van der Waals surface area contributed by atoms with E-state index in [0.29, 0.717) is 23.2 Å². The molecule has 1 aliphatic heterocycles. The van der Waals surface area contributed by atoms with Gasteiger partial charge in [0.05, 0.1) is 10.0 Å². The van der Waals surface area contributed by atoms with Crippen molar-refractivity contribution < 1.29 is 4.74 Å². The normalized spacial score (nSPS) is 13.0. The first-order valence-corrected chi connectivity index (χ1v) is 8.07. The Labute approximate surface area is 157 Å². The largest absolute Gasteiger partial charge is 0.489 e. The maximum absolute atomic E-state index is 7.57. The molecule has 0 aromatic heterocycles. The Hall–Kier alpha value is -1.62. The molecule has 0 spiro atoms. The van der Waals surface area contributed by atoms with Crippen LogP contribution in [-0.4, -0.2) is 17.4 Å². The number of ether oxygens (including phenoxy) is 1. The molecule has 0 bridgehead atoms. The Morgan fingerprint density at radius 2 is 1.96 bits per heavy atom. The van der Waals surface area contributed by atoms with E-state index in [-0.39, 0.29) is 18.4 Å². The van der Waals surface area contributed by atoms with Gasteiger partial charge in [-0.25, -0.2) is 0 Å². The van der Waals surface area contributed by atoms with Gasteiger partial charge in [-0.15, -0.1) is 12.4 Å². The number of benzene rings is 2. The molecule has 0 aliphatic carbocycles. The third-order valence-electron chi connectivity index (χ3n) is 3.98. The van der Waals surface area contributed by atoms with Crippen molar-refractivity contribution in [2.24, 2.45) is 5.73 Å². The van der Waals surface area contributed by atoms with Crippen LogP contribution in [0.1, 0.15) is 16.7 Å². The van der Waals surface area contributed by atoms with Gasteiger partial charge in [-0.1, -0.05) is 47.5 Å². The lowest BCUT2D eigenvalue weighted by atomic mass is 9.99. The molecule has 1 aliphatic rings. The molecule has 2 aromatic rings. The smallest absolute Gasteiger partial charge is 0.188 e. The highest BCUT2D eigenvalue weighted by atomic mass is 35.5. The van der Waals surface area contributed by atoms with Gasteiger partial charge < -0.3 is 15.4 Å². The van der Waals surface area contributed by atoms with Crippen LogP contribution in [0.15, 0.2) is 36.4 Å². The van der Waals surface area contributed by atoms with E-state index in [1.54, 1.807) is 6.07 Å². The molecule has 0 unspecified atom stereocenters. The van der Waals surface area contributed by atoms with E-state index >= 15 is 0 Å². The minimum atomic E-state index is 0. The third-order valence-corrected chi connectivity index (χ3v) is 4.84. The molecule has 0 atom stereocenters. The Bertz CT molecular complexity index is 752. The van der Waals surface area contributed by atoms with Gasteiger partial charge in [-0.05, 0) is 24.1 Å². The first kappa shape index (κ1) is 18.7. The molecule has 1 heterocycles. The van der Waals surface area contributed by atoms with E-state index in [9.17, 15) is 0 Å². The number of halogens is 3. The van der Waals surface area contributed by atoms with Gasteiger partial charge in [0.15, 0.2) is 5.96 Å². The SMILES string of the molecule is Cl.N=C(N)N1CCc2c(cccc2OCc2cccc(Cl)c2Cl)C1. The number of nitrogens with zero attached hydrogens (tertiary/aromatic N) is 1. The first-order chi connectivity index (χ1) is 11.1. The van der Waals surface area contributed by atoms with Crippen LogP contribution in [0.4, 0.5) is 0 Å². The molecule has 128 valence electrons. The molecular formula is C17H18Cl3N3O. The quantitative estimate of drug-likeness (QED) is 0.612. The number of hydrogen-bond donors (Lipinski definition) is 2. The Balaban J connectivity index is 0.00000208. The fraction of sp³-hybridized carbons (Fsp3) is 0.235.